The molecule has 66 valence electrons. The highest BCUT2D eigenvalue weighted by molar-refractivity contribution is 5.55. The summed E-state index contributed by atoms with van der Waals surface area (Å²) in [5.74, 6) is 0.510. The minimum atomic E-state index is 0.510. The molecule has 0 saturated carbocycles. The standard InChI is InChI=1S/C9H15N3/c1-6(2)8-9-7(11-12-8)4-3-5-10-9/h6,10H,3-5H2,1-2H3,(H,11,12). The van der Waals surface area contributed by atoms with E-state index in [0.717, 1.165) is 13.0 Å². The molecule has 0 amide bonds. The van der Waals surface area contributed by atoms with Gasteiger partial charge in [-0.15, -0.1) is 0 Å². The van der Waals surface area contributed by atoms with Crippen molar-refractivity contribution in [2.24, 2.45) is 0 Å². The van der Waals surface area contributed by atoms with E-state index in [2.05, 4.69) is 29.4 Å². The van der Waals surface area contributed by atoms with Crippen LogP contribution in [0.2, 0.25) is 0 Å². The predicted molar refractivity (Wildman–Crippen MR) is 49.5 cm³/mol. The summed E-state index contributed by atoms with van der Waals surface area (Å²) in [5.41, 5.74) is 3.73. The van der Waals surface area contributed by atoms with Gasteiger partial charge in [-0.05, 0) is 18.8 Å². The number of fused-ring (bicyclic) bond motifs is 1. The largest absolute Gasteiger partial charge is 0.382 e. The Bertz CT molecular complexity index is 275. The Hall–Kier alpha value is -0.990. The second kappa shape index (κ2) is 2.81. The highest BCUT2D eigenvalue weighted by Gasteiger charge is 2.17. The van der Waals surface area contributed by atoms with Crippen LogP contribution in [0.1, 0.15) is 37.6 Å². The van der Waals surface area contributed by atoms with Gasteiger partial charge in [0.05, 0.1) is 17.1 Å². The molecule has 1 aliphatic heterocycles. The van der Waals surface area contributed by atoms with Crippen molar-refractivity contribution < 1.29 is 0 Å². The Labute approximate surface area is 72.6 Å². The number of aromatic nitrogens is 2. The van der Waals surface area contributed by atoms with Gasteiger partial charge in [0, 0.05) is 6.54 Å². The van der Waals surface area contributed by atoms with Gasteiger partial charge in [-0.2, -0.15) is 5.10 Å². The molecule has 0 fully saturated rings. The van der Waals surface area contributed by atoms with E-state index in [-0.39, 0.29) is 0 Å². The molecule has 1 aliphatic rings. The number of nitrogens with zero attached hydrogens (tertiary/aromatic N) is 1. The number of rotatable bonds is 1. The Morgan fingerprint density at radius 3 is 3.00 bits per heavy atom. The van der Waals surface area contributed by atoms with Crippen molar-refractivity contribution in [3.8, 4) is 0 Å². The van der Waals surface area contributed by atoms with Gasteiger partial charge in [-0.25, -0.2) is 0 Å². The number of H-pyrrole nitrogens is 1. The second-order valence-corrected chi connectivity index (χ2v) is 3.65. The van der Waals surface area contributed by atoms with Crippen molar-refractivity contribution in [2.45, 2.75) is 32.6 Å². The topological polar surface area (TPSA) is 40.7 Å². The van der Waals surface area contributed by atoms with Crippen LogP contribution in [0.4, 0.5) is 5.69 Å². The average molecular weight is 165 g/mol. The Kier molecular flexibility index (Phi) is 1.79. The zero-order valence-electron chi connectivity index (χ0n) is 7.65. The molecule has 0 aromatic carbocycles. The lowest BCUT2D eigenvalue weighted by atomic mass is 10.0. The second-order valence-electron chi connectivity index (χ2n) is 3.65. The molecular formula is C9H15N3. The Morgan fingerprint density at radius 2 is 2.25 bits per heavy atom. The van der Waals surface area contributed by atoms with Crippen LogP contribution in [-0.2, 0) is 6.42 Å². The molecule has 12 heavy (non-hydrogen) atoms. The van der Waals surface area contributed by atoms with Crippen molar-refractivity contribution >= 4 is 5.69 Å². The molecule has 3 nitrogen and oxygen atoms in total. The van der Waals surface area contributed by atoms with Gasteiger partial charge >= 0.3 is 0 Å². The summed E-state index contributed by atoms with van der Waals surface area (Å²) in [7, 11) is 0. The summed E-state index contributed by atoms with van der Waals surface area (Å²) in [5, 5.41) is 10.8. The molecule has 2 rings (SSSR count). The maximum Gasteiger partial charge on any atom is 0.0881 e. The number of aryl methyl sites for hydroxylation is 1. The monoisotopic (exact) mass is 165 g/mol. The molecule has 1 aromatic heterocycles. The third kappa shape index (κ3) is 1.09. The lowest BCUT2D eigenvalue weighted by Gasteiger charge is -2.14. The number of hydrogen-bond donors (Lipinski definition) is 2. The molecule has 0 bridgehead atoms. The lowest BCUT2D eigenvalue weighted by molar-refractivity contribution is 0.801. The smallest absolute Gasteiger partial charge is 0.0881 e. The van der Waals surface area contributed by atoms with E-state index in [4.69, 9.17) is 0 Å². The molecule has 0 unspecified atom stereocenters. The Morgan fingerprint density at radius 1 is 1.42 bits per heavy atom. The quantitative estimate of drug-likeness (QED) is 0.667. The molecular weight excluding hydrogens is 150 g/mol. The molecule has 0 atom stereocenters. The molecule has 2 N–H and O–H groups in total. The molecule has 0 radical (unpaired) electrons. The molecule has 2 heterocycles. The normalized spacial score (nSPS) is 15.9. The van der Waals surface area contributed by atoms with E-state index in [1.807, 2.05) is 0 Å². The van der Waals surface area contributed by atoms with Crippen molar-refractivity contribution in [3.63, 3.8) is 0 Å². The molecule has 3 heteroatoms. The van der Waals surface area contributed by atoms with Gasteiger partial charge in [0.15, 0.2) is 0 Å². The van der Waals surface area contributed by atoms with Crippen LogP contribution in [-0.4, -0.2) is 16.7 Å². The van der Waals surface area contributed by atoms with Crippen molar-refractivity contribution in [1.82, 2.24) is 10.2 Å². The fourth-order valence-corrected chi connectivity index (χ4v) is 1.67. The van der Waals surface area contributed by atoms with E-state index in [0.29, 0.717) is 5.92 Å². The van der Waals surface area contributed by atoms with E-state index in [9.17, 15) is 0 Å². The van der Waals surface area contributed by atoms with Gasteiger partial charge in [-0.3, -0.25) is 5.10 Å². The first-order chi connectivity index (χ1) is 5.79. The van der Waals surface area contributed by atoms with Gasteiger partial charge < -0.3 is 5.32 Å². The van der Waals surface area contributed by atoms with Crippen LogP contribution in [0.3, 0.4) is 0 Å². The van der Waals surface area contributed by atoms with Gasteiger partial charge in [-0.1, -0.05) is 13.8 Å². The van der Waals surface area contributed by atoms with E-state index >= 15 is 0 Å². The minimum absolute atomic E-state index is 0.510. The summed E-state index contributed by atoms with van der Waals surface area (Å²) in [6, 6.07) is 0. The summed E-state index contributed by atoms with van der Waals surface area (Å²) in [4.78, 5) is 0. The fourth-order valence-electron chi connectivity index (χ4n) is 1.67. The first-order valence-electron chi connectivity index (χ1n) is 4.60. The Balaban J connectivity index is 2.38. The molecule has 0 spiro atoms. The van der Waals surface area contributed by atoms with E-state index < -0.39 is 0 Å². The SMILES string of the molecule is CC(C)c1n[nH]c2c1NCCC2. The van der Waals surface area contributed by atoms with Crippen LogP contribution >= 0.6 is 0 Å². The zero-order chi connectivity index (χ0) is 8.55. The number of anilines is 1. The number of aromatic amines is 1. The summed E-state index contributed by atoms with van der Waals surface area (Å²) >= 11 is 0. The van der Waals surface area contributed by atoms with Crippen molar-refractivity contribution in [3.05, 3.63) is 11.4 Å². The summed E-state index contributed by atoms with van der Waals surface area (Å²) in [6.07, 6.45) is 2.36. The van der Waals surface area contributed by atoms with E-state index in [1.54, 1.807) is 0 Å². The molecule has 1 aromatic rings. The highest BCUT2D eigenvalue weighted by atomic mass is 15.2. The van der Waals surface area contributed by atoms with Gasteiger partial charge in [0.25, 0.3) is 0 Å². The third-order valence-corrected chi connectivity index (χ3v) is 2.32. The summed E-state index contributed by atoms with van der Waals surface area (Å²) in [6.45, 7) is 5.44. The van der Waals surface area contributed by atoms with Crippen LogP contribution < -0.4 is 5.32 Å². The molecule has 0 aliphatic carbocycles. The maximum absolute atomic E-state index is 4.31. The lowest BCUT2D eigenvalue weighted by Crippen LogP contribution is -2.11. The average Bonchev–Trinajstić information content (AvgIpc) is 2.47. The predicted octanol–water partition coefficient (Wildman–Crippen LogP) is 1.89. The summed E-state index contributed by atoms with van der Waals surface area (Å²) < 4.78 is 0. The van der Waals surface area contributed by atoms with Gasteiger partial charge in [0.1, 0.15) is 0 Å². The van der Waals surface area contributed by atoms with Crippen molar-refractivity contribution in [2.75, 3.05) is 11.9 Å². The first kappa shape index (κ1) is 7.65. The zero-order valence-corrected chi connectivity index (χ0v) is 7.65. The van der Waals surface area contributed by atoms with Crippen LogP contribution in [0, 0.1) is 0 Å². The molecule has 0 saturated heterocycles. The number of nitrogens with one attached hydrogen (secondary N) is 2. The van der Waals surface area contributed by atoms with Crippen molar-refractivity contribution in [1.29, 1.82) is 0 Å². The maximum atomic E-state index is 4.31. The third-order valence-electron chi connectivity index (χ3n) is 2.32. The van der Waals surface area contributed by atoms with Gasteiger partial charge in [0.2, 0.25) is 0 Å². The van der Waals surface area contributed by atoms with E-state index in [1.165, 1.54) is 23.5 Å². The first-order valence-corrected chi connectivity index (χ1v) is 4.60. The number of hydrogen-bond acceptors (Lipinski definition) is 2. The van der Waals surface area contributed by atoms with Crippen LogP contribution in [0.25, 0.3) is 0 Å². The highest BCUT2D eigenvalue weighted by Crippen LogP contribution is 2.28. The minimum Gasteiger partial charge on any atom is -0.382 e. The van der Waals surface area contributed by atoms with Crippen LogP contribution in [0.5, 0.6) is 0 Å². The fraction of sp³-hybridized carbons (Fsp3) is 0.667. The van der Waals surface area contributed by atoms with Crippen LogP contribution in [0.15, 0.2) is 0 Å².